The molecule has 2 aliphatic rings. The van der Waals surface area contributed by atoms with Gasteiger partial charge in [0.1, 0.15) is 0 Å². The predicted octanol–water partition coefficient (Wildman–Crippen LogP) is 5.19. The smallest absolute Gasteiger partial charge is 0.170 e. The molecular weight excluding hydrogens is 388 g/mol. The zero-order valence-electron chi connectivity index (χ0n) is 15.4. The number of anilines is 1. The van der Waals surface area contributed by atoms with Gasteiger partial charge in [0.05, 0.1) is 23.8 Å². The number of nitrogens with one attached hydrogen (secondary N) is 2. The number of fused-ring (bicyclic) bond motifs is 5. The molecule has 0 saturated heterocycles. The van der Waals surface area contributed by atoms with Crippen LogP contribution in [0.1, 0.15) is 31.2 Å². The first kappa shape index (κ1) is 17.7. The van der Waals surface area contributed by atoms with Crippen molar-refractivity contribution in [3.8, 4) is 11.3 Å². The Kier molecular flexibility index (Phi) is 4.37. The highest BCUT2D eigenvalue weighted by molar-refractivity contribution is 7.80. The maximum absolute atomic E-state index is 5.94. The molecule has 28 heavy (non-hydrogen) atoms. The highest BCUT2D eigenvalue weighted by atomic mass is 35.5. The van der Waals surface area contributed by atoms with Gasteiger partial charge in [0.15, 0.2) is 5.11 Å². The summed E-state index contributed by atoms with van der Waals surface area (Å²) in [6.07, 6.45) is 8.27. The zero-order valence-corrected chi connectivity index (χ0v) is 16.9. The first-order valence-electron chi connectivity index (χ1n) is 9.61. The average Bonchev–Trinajstić information content (AvgIpc) is 3.28. The predicted molar refractivity (Wildman–Crippen MR) is 118 cm³/mol. The maximum Gasteiger partial charge on any atom is 0.170 e. The molecule has 1 spiro atoms. The summed E-state index contributed by atoms with van der Waals surface area (Å²) >= 11 is 11.5. The van der Waals surface area contributed by atoms with Gasteiger partial charge in [0, 0.05) is 22.3 Å². The SMILES string of the molecule is S=C(Nc1ccc(Cl)cc1)NC1CCC2(CC1)c1ccccc1-c1cncn12. The van der Waals surface area contributed by atoms with Crippen LogP contribution in [0.5, 0.6) is 0 Å². The number of benzene rings is 2. The Morgan fingerprint density at radius 1 is 1.11 bits per heavy atom. The van der Waals surface area contributed by atoms with Crippen molar-refractivity contribution in [3.63, 3.8) is 0 Å². The van der Waals surface area contributed by atoms with Crippen molar-refractivity contribution in [1.82, 2.24) is 14.9 Å². The molecule has 3 aromatic rings. The van der Waals surface area contributed by atoms with E-state index in [0.29, 0.717) is 11.2 Å². The quantitative estimate of drug-likeness (QED) is 0.572. The fraction of sp³-hybridized carbons (Fsp3) is 0.273. The minimum absolute atomic E-state index is 0.0336. The van der Waals surface area contributed by atoms with Gasteiger partial charge in [-0.3, -0.25) is 0 Å². The number of hydrogen-bond acceptors (Lipinski definition) is 2. The average molecular weight is 409 g/mol. The lowest BCUT2D eigenvalue weighted by Gasteiger charge is -2.40. The molecule has 1 saturated carbocycles. The van der Waals surface area contributed by atoms with Crippen molar-refractivity contribution >= 4 is 34.6 Å². The van der Waals surface area contributed by atoms with Gasteiger partial charge in [-0.2, -0.15) is 0 Å². The third-order valence-electron chi connectivity index (χ3n) is 6.05. The molecule has 1 fully saturated rings. The molecule has 2 N–H and O–H groups in total. The lowest BCUT2D eigenvalue weighted by atomic mass is 9.75. The van der Waals surface area contributed by atoms with E-state index in [0.717, 1.165) is 36.4 Å². The van der Waals surface area contributed by atoms with Crippen LogP contribution in [0.15, 0.2) is 61.1 Å². The van der Waals surface area contributed by atoms with Gasteiger partial charge in [-0.25, -0.2) is 4.98 Å². The number of halogens is 1. The van der Waals surface area contributed by atoms with Crippen LogP contribution in [0.25, 0.3) is 11.3 Å². The van der Waals surface area contributed by atoms with E-state index >= 15 is 0 Å². The third kappa shape index (κ3) is 2.90. The molecule has 2 aromatic carbocycles. The summed E-state index contributed by atoms with van der Waals surface area (Å²) < 4.78 is 2.39. The van der Waals surface area contributed by atoms with Crippen LogP contribution in [-0.2, 0) is 5.54 Å². The largest absolute Gasteiger partial charge is 0.360 e. The standard InChI is InChI=1S/C22H21ClN4S/c23-15-5-7-16(8-6-15)25-21(28)26-17-9-11-22(12-10-17)19-4-2-1-3-18(19)20-13-24-14-27(20)22/h1-8,13-14,17H,9-12H2,(H2,25,26,28). The molecule has 1 aromatic heterocycles. The number of aromatic nitrogens is 2. The Bertz CT molecular complexity index is 1020. The Morgan fingerprint density at radius 2 is 1.86 bits per heavy atom. The van der Waals surface area contributed by atoms with Crippen molar-refractivity contribution in [2.75, 3.05) is 5.32 Å². The second-order valence-electron chi connectivity index (χ2n) is 7.61. The van der Waals surface area contributed by atoms with Gasteiger partial charge in [0.2, 0.25) is 0 Å². The third-order valence-corrected chi connectivity index (χ3v) is 6.53. The van der Waals surface area contributed by atoms with Gasteiger partial charge >= 0.3 is 0 Å². The molecule has 0 unspecified atom stereocenters. The first-order chi connectivity index (χ1) is 13.7. The minimum atomic E-state index is 0.0336. The normalized spacial score (nSPS) is 22.5. The minimum Gasteiger partial charge on any atom is -0.360 e. The summed E-state index contributed by atoms with van der Waals surface area (Å²) in [5, 5.41) is 8.13. The van der Waals surface area contributed by atoms with E-state index in [2.05, 4.69) is 44.5 Å². The molecule has 142 valence electrons. The molecule has 0 radical (unpaired) electrons. The van der Waals surface area contributed by atoms with Crippen LogP contribution in [-0.4, -0.2) is 20.7 Å². The number of hydrogen-bond donors (Lipinski definition) is 2. The molecule has 2 heterocycles. The lowest BCUT2D eigenvalue weighted by Crippen LogP contribution is -2.45. The molecule has 1 aliphatic carbocycles. The van der Waals surface area contributed by atoms with Crippen molar-refractivity contribution < 1.29 is 0 Å². The summed E-state index contributed by atoms with van der Waals surface area (Å²) in [7, 11) is 0. The monoisotopic (exact) mass is 408 g/mol. The van der Waals surface area contributed by atoms with Crippen molar-refractivity contribution in [1.29, 1.82) is 0 Å². The second kappa shape index (κ2) is 6.90. The topological polar surface area (TPSA) is 41.9 Å². The molecule has 0 atom stereocenters. The number of thiocarbonyl (C=S) groups is 1. The van der Waals surface area contributed by atoms with Crippen LogP contribution in [0.2, 0.25) is 5.02 Å². The van der Waals surface area contributed by atoms with Crippen LogP contribution in [0.3, 0.4) is 0 Å². The second-order valence-corrected chi connectivity index (χ2v) is 8.45. The summed E-state index contributed by atoms with van der Waals surface area (Å²) in [4.78, 5) is 4.42. The van der Waals surface area contributed by atoms with E-state index in [1.165, 1.54) is 16.8 Å². The molecule has 0 amide bonds. The fourth-order valence-corrected chi connectivity index (χ4v) is 5.12. The fourth-order valence-electron chi connectivity index (χ4n) is 4.71. The van der Waals surface area contributed by atoms with E-state index in [4.69, 9.17) is 23.8 Å². The van der Waals surface area contributed by atoms with E-state index in [9.17, 15) is 0 Å². The van der Waals surface area contributed by atoms with Gasteiger partial charge in [-0.05, 0) is 67.7 Å². The van der Waals surface area contributed by atoms with E-state index in [1.807, 2.05) is 36.8 Å². The number of imidazole rings is 1. The maximum atomic E-state index is 5.94. The number of rotatable bonds is 2. The highest BCUT2D eigenvalue weighted by Gasteiger charge is 2.45. The molecule has 1 aliphatic heterocycles. The van der Waals surface area contributed by atoms with Crippen LogP contribution < -0.4 is 10.6 Å². The molecular formula is C22H21ClN4S. The Labute approximate surface area is 174 Å². The summed E-state index contributed by atoms with van der Waals surface area (Å²) in [6.45, 7) is 0. The lowest BCUT2D eigenvalue weighted by molar-refractivity contribution is 0.230. The molecule has 6 heteroatoms. The summed E-state index contributed by atoms with van der Waals surface area (Å²) in [5.41, 5.74) is 4.98. The van der Waals surface area contributed by atoms with Gasteiger partial charge < -0.3 is 15.2 Å². The van der Waals surface area contributed by atoms with E-state index < -0.39 is 0 Å². The van der Waals surface area contributed by atoms with Crippen LogP contribution >= 0.6 is 23.8 Å². The summed E-state index contributed by atoms with van der Waals surface area (Å²) in [6, 6.07) is 16.7. The van der Waals surface area contributed by atoms with Crippen molar-refractivity contribution in [3.05, 3.63) is 71.6 Å². The Morgan fingerprint density at radius 3 is 2.64 bits per heavy atom. The van der Waals surface area contributed by atoms with Crippen molar-refractivity contribution in [2.24, 2.45) is 0 Å². The van der Waals surface area contributed by atoms with Crippen LogP contribution in [0.4, 0.5) is 5.69 Å². The van der Waals surface area contributed by atoms with E-state index in [-0.39, 0.29) is 5.54 Å². The molecule has 4 nitrogen and oxygen atoms in total. The highest BCUT2D eigenvalue weighted by Crippen LogP contribution is 2.50. The summed E-state index contributed by atoms with van der Waals surface area (Å²) in [5.74, 6) is 0. The Hall–Kier alpha value is -2.37. The van der Waals surface area contributed by atoms with Gasteiger partial charge in [-0.15, -0.1) is 0 Å². The Balaban J connectivity index is 1.28. The first-order valence-corrected chi connectivity index (χ1v) is 10.4. The van der Waals surface area contributed by atoms with Gasteiger partial charge in [-0.1, -0.05) is 35.9 Å². The number of nitrogens with zero attached hydrogens (tertiary/aromatic N) is 2. The van der Waals surface area contributed by atoms with Crippen molar-refractivity contribution in [2.45, 2.75) is 37.3 Å². The van der Waals surface area contributed by atoms with Gasteiger partial charge in [0.25, 0.3) is 0 Å². The van der Waals surface area contributed by atoms with Crippen LogP contribution in [0, 0.1) is 0 Å². The zero-order chi connectivity index (χ0) is 19.1. The molecule has 5 rings (SSSR count). The van der Waals surface area contributed by atoms with E-state index in [1.54, 1.807) is 0 Å². The molecule has 0 bridgehead atoms.